The summed E-state index contributed by atoms with van der Waals surface area (Å²) >= 11 is 5.81. The summed E-state index contributed by atoms with van der Waals surface area (Å²) in [5.74, 6) is 0. The van der Waals surface area contributed by atoms with Crippen LogP contribution in [-0.4, -0.2) is 11.5 Å². The first-order valence-electron chi connectivity index (χ1n) is 3.94. The van der Waals surface area contributed by atoms with Gasteiger partial charge in [0.05, 0.1) is 6.04 Å². The third-order valence-corrected chi connectivity index (χ3v) is 1.98. The minimum atomic E-state index is -0.800. The normalized spacial score (nSPS) is 13.1. The van der Waals surface area contributed by atoms with Crippen molar-refractivity contribution in [1.82, 2.24) is 0 Å². The molecule has 2 unspecified atom stereocenters. The predicted octanol–water partition coefficient (Wildman–Crippen LogP) is 3.90. The van der Waals surface area contributed by atoms with E-state index in [-0.39, 0.29) is 0 Å². The fourth-order valence-corrected chi connectivity index (χ4v) is 1.54. The van der Waals surface area contributed by atoms with E-state index < -0.39 is 11.5 Å². The molecule has 6 nitrogen and oxygen atoms in total. The van der Waals surface area contributed by atoms with Crippen LogP contribution in [0.25, 0.3) is 20.9 Å². The highest BCUT2D eigenvalue weighted by Crippen LogP contribution is 2.22. The molecule has 0 N–H and O–H groups in total. The molecule has 0 aliphatic carbocycles. The summed E-state index contributed by atoms with van der Waals surface area (Å²) < 4.78 is 0. The minimum Gasteiger partial charge on any atom is -0.112 e. The molecule has 0 saturated carbocycles. The molecule has 0 aromatic heterocycles. The Balaban J connectivity index is 5.07. The van der Waals surface area contributed by atoms with Crippen molar-refractivity contribution in [3.05, 3.63) is 32.0 Å². The third-order valence-electron chi connectivity index (χ3n) is 1.66. The summed E-state index contributed by atoms with van der Waals surface area (Å²) in [5.41, 5.74) is 17.2. The predicted molar refractivity (Wildman–Crippen MR) is 55.8 cm³/mol. The van der Waals surface area contributed by atoms with Crippen molar-refractivity contribution in [3.63, 3.8) is 0 Å². The van der Waals surface area contributed by atoms with Crippen molar-refractivity contribution in [2.24, 2.45) is 10.2 Å². The Hall–Kier alpha value is -1.35. The van der Waals surface area contributed by atoms with Gasteiger partial charge in [-0.1, -0.05) is 22.7 Å². The first-order valence-corrected chi connectivity index (χ1v) is 4.38. The van der Waals surface area contributed by atoms with Crippen molar-refractivity contribution in [3.8, 4) is 0 Å². The second kappa shape index (κ2) is 6.16. The van der Waals surface area contributed by atoms with Crippen LogP contribution in [0.3, 0.4) is 0 Å². The Labute approximate surface area is 86.8 Å². The fourth-order valence-electron chi connectivity index (χ4n) is 1.10. The molecule has 0 bridgehead atoms. The number of halogens is 1. The molecule has 0 radical (unpaired) electrons. The number of rotatable bonds is 4. The number of nitrogens with zero attached hydrogens (tertiary/aromatic N) is 6. The SMILES string of the molecule is CC(C)=C(C(C)N=[N+]=[N-])C(Cl)N=[N+]=[N-]. The van der Waals surface area contributed by atoms with Gasteiger partial charge in [-0.3, -0.25) is 0 Å². The first kappa shape index (κ1) is 12.7. The van der Waals surface area contributed by atoms with Crippen LogP contribution in [0, 0.1) is 0 Å². The zero-order valence-electron chi connectivity index (χ0n) is 8.22. The van der Waals surface area contributed by atoms with E-state index in [9.17, 15) is 0 Å². The Kier molecular flexibility index (Phi) is 5.56. The van der Waals surface area contributed by atoms with Gasteiger partial charge in [-0.2, -0.15) is 0 Å². The highest BCUT2D eigenvalue weighted by molar-refractivity contribution is 6.22. The van der Waals surface area contributed by atoms with Crippen molar-refractivity contribution in [2.45, 2.75) is 32.3 Å². The summed E-state index contributed by atoms with van der Waals surface area (Å²) in [7, 11) is 0. The summed E-state index contributed by atoms with van der Waals surface area (Å²) in [4.78, 5) is 5.28. The number of allylic oxidation sites excluding steroid dienone is 1. The van der Waals surface area contributed by atoms with Gasteiger partial charge in [0.25, 0.3) is 0 Å². The fraction of sp³-hybridized carbons (Fsp3) is 0.714. The third kappa shape index (κ3) is 3.58. The van der Waals surface area contributed by atoms with Crippen LogP contribution < -0.4 is 0 Å². The lowest BCUT2D eigenvalue weighted by atomic mass is 10.0. The maximum absolute atomic E-state index is 8.27. The van der Waals surface area contributed by atoms with Gasteiger partial charge in [0.15, 0.2) is 0 Å². The van der Waals surface area contributed by atoms with Crippen LogP contribution in [-0.2, 0) is 0 Å². The highest BCUT2D eigenvalue weighted by Gasteiger charge is 2.16. The quantitative estimate of drug-likeness (QED) is 0.169. The summed E-state index contributed by atoms with van der Waals surface area (Å²) in [6, 6.07) is -0.405. The van der Waals surface area contributed by atoms with Crippen molar-refractivity contribution < 1.29 is 0 Å². The average molecular weight is 215 g/mol. The summed E-state index contributed by atoms with van der Waals surface area (Å²) in [6.45, 7) is 5.34. The van der Waals surface area contributed by atoms with Crippen LogP contribution >= 0.6 is 11.6 Å². The van der Waals surface area contributed by atoms with Gasteiger partial charge < -0.3 is 0 Å². The van der Waals surface area contributed by atoms with Crippen LogP contribution in [0.15, 0.2) is 21.4 Å². The largest absolute Gasteiger partial charge is 0.134 e. The van der Waals surface area contributed by atoms with Gasteiger partial charge in [-0.25, -0.2) is 0 Å². The smallest absolute Gasteiger partial charge is 0.112 e. The molecular weight excluding hydrogens is 204 g/mol. The number of alkyl halides is 1. The number of azide groups is 2. The van der Waals surface area contributed by atoms with Crippen molar-refractivity contribution in [2.75, 3.05) is 0 Å². The second-order valence-corrected chi connectivity index (χ2v) is 3.29. The van der Waals surface area contributed by atoms with E-state index in [4.69, 9.17) is 22.7 Å². The maximum atomic E-state index is 8.27. The molecular formula is C7H11ClN6. The molecule has 0 saturated heterocycles. The minimum absolute atomic E-state index is 0.405. The molecule has 2 atom stereocenters. The molecule has 0 amide bonds. The molecule has 7 heteroatoms. The molecule has 0 aliphatic rings. The molecule has 0 rings (SSSR count). The van der Waals surface area contributed by atoms with Gasteiger partial charge in [-0.15, -0.1) is 11.6 Å². The van der Waals surface area contributed by atoms with E-state index in [1.54, 1.807) is 6.92 Å². The van der Waals surface area contributed by atoms with Gasteiger partial charge in [-0.05, 0) is 30.5 Å². The Bertz CT molecular complexity index is 293. The molecule has 0 fully saturated rings. The van der Waals surface area contributed by atoms with Gasteiger partial charge >= 0.3 is 0 Å². The number of hydrogen-bond acceptors (Lipinski definition) is 2. The van der Waals surface area contributed by atoms with E-state index in [2.05, 4.69) is 20.1 Å². The molecule has 0 aromatic rings. The molecule has 0 heterocycles. The van der Waals surface area contributed by atoms with E-state index in [0.717, 1.165) is 5.57 Å². The lowest BCUT2D eigenvalue weighted by Gasteiger charge is -2.15. The van der Waals surface area contributed by atoms with Gasteiger partial charge in [0.2, 0.25) is 0 Å². The number of hydrogen-bond donors (Lipinski definition) is 0. The van der Waals surface area contributed by atoms with Crippen LogP contribution in [0.4, 0.5) is 0 Å². The standard InChI is InChI=1S/C7H11ClN6/c1-4(2)6(5(3)11-13-9)7(8)12-14-10/h5,7H,1-3H3. The van der Waals surface area contributed by atoms with E-state index >= 15 is 0 Å². The molecule has 0 spiro atoms. The topological polar surface area (TPSA) is 97.5 Å². The zero-order chi connectivity index (χ0) is 11.1. The average Bonchev–Trinajstić information content (AvgIpc) is 2.04. The molecule has 14 heavy (non-hydrogen) atoms. The molecule has 0 aliphatic heterocycles. The van der Waals surface area contributed by atoms with Gasteiger partial charge in [0, 0.05) is 9.82 Å². The summed E-state index contributed by atoms with van der Waals surface area (Å²) in [5, 5.41) is 6.86. The molecule has 76 valence electrons. The Morgan fingerprint density at radius 3 is 2.07 bits per heavy atom. The summed E-state index contributed by atoms with van der Waals surface area (Å²) in [6.07, 6.45) is 0. The zero-order valence-corrected chi connectivity index (χ0v) is 8.97. The first-order chi connectivity index (χ1) is 6.54. The van der Waals surface area contributed by atoms with Gasteiger partial charge in [0.1, 0.15) is 5.50 Å². The van der Waals surface area contributed by atoms with Crippen molar-refractivity contribution >= 4 is 11.6 Å². The van der Waals surface area contributed by atoms with Crippen LogP contribution in [0.1, 0.15) is 20.8 Å². The van der Waals surface area contributed by atoms with E-state index in [1.165, 1.54) is 0 Å². The Morgan fingerprint density at radius 2 is 1.71 bits per heavy atom. The Morgan fingerprint density at radius 1 is 1.21 bits per heavy atom. The lowest BCUT2D eigenvalue weighted by molar-refractivity contribution is 0.780. The van der Waals surface area contributed by atoms with E-state index in [1.807, 2.05) is 13.8 Å². The van der Waals surface area contributed by atoms with Crippen LogP contribution in [0.2, 0.25) is 0 Å². The monoisotopic (exact) mass is 214 g/mol. The second-order valence-electron chi connectivity index (χ2n) is 2.88. The highest BCUT2D eigenvalue weighted by atomic mass is 35.5. The maximum Gasteiger partial charge on any atom is 0.134 e. The van der Waals surface area contributed by atoms with Crippen molar-refractivity contribution in [1.29, 1.82) is 0 Å². The van der Waals surface area contributed by atoms with Crippen LogP contribution in [0.5, 0.6) is 0 Å². The van der Waals surface area contributed by atoms with E-state index in [0.29, 0.717) is 5.57 Å². The lowest BCUT2D eigenvalue weighted by Crippen LogP contribution is -2.12. The molecule has 0 aromatic carbocycles.